The Labute approximate surface area is 471 Å². The smallest absolute Gasteiger partial charge is 0.220 e. The second-order valence-corrected chi connectivity index (χ2v) is 23.6. The zero-order valence-corrected chi connectivity index (χ0v) is 51.1. The highest BCUT2D eigenvalue weighted by Gasteiger charge is 2.18. The van der Waals surface area contributed by atoms with Crippen LogP contribution in [0, 0.1) is 0 Å². The van der Waals surface area contributed by atoms with Crippen molar-refractivity contribution in [2.75, 3.05) is 6.61 Å². The van der Waals surface area contributed by atoms with Crippen molar-refractivity contribution in [2.45, 2.75) is 392 Å². The van der Waals surface area contributed by atoms with Gasteiger partial charge in [-0.05, 0) is 70.6 Å². The van der Waals surface area contributed by atoms with Crippen LogP contribution in [0.5, 0.6) is 0 Å². The molecule has 4 heteroatoms. The van der Waals surface area contributed by atoms with Crippen LogP contribution >= 0.6 is 0 Å². The Hall–Kier alpha value is -1.65. The lowest BCUT2D eigenvalue weighted by Gasteiger charge is -2.19. The second kappa shape index (κ2) is 66.6. The predicted molar refractivity (Wildman–Crippen MR) is 336 cm³/mol. The molecular weight excluding hydrogens is 915 g/mol. The number of allylic oxidation sites excluding steroid dienone is 7. The Kier molecular flexibility index (Phi) is 65.2. The summed E-state index contributed by atoms with van der Waals surface area (Å²) in [6, 6.07) is -0.647. The number of aliphatic hydroxyl groups is 2. The molecule has 0 aromatic heterocycles. The first-order chi connectivity index (χ1) is 37.2. The largest absolute Gasteiger partial charge is 0.394 e. The summed E-state index contributed by atoms with van der Waals surface area (Å²) in [7, 11) is 0. The van der Waals surface area contributed by atoms with Crippen LogP contribution in [0.3, 0.4) is 0 Å². The first-order valence-corrected chi connectivity index (χ1v) is 34.4. The van der Waals surface area contributed by atoms with Crippen LogP contribution in [0.4, 0.5) is 0 Å². The van der Waals surface area contributed by atoms with Gasteiger partial charge in [-0.3, -0.25) is 4.79 Å². The van der Waals surface area contributed by atoms with Crippen LogP contribution in [0.2, 0.25) is 0 Å². The van der Waals surface area contributed by atoms with Gasteiger partial charge in [0.15, 0.2) is 0 Å². The average Bonchev–Trinajstić information content (AvgIpc) is 3.41. The van der Waals surface area contributed by atoms with Crippen LogP contribution < -0.4 is 5.32 Å². The molecule has 0 rings (SSSR count). The van der Waals surface area contributed by atoms with Crippen molar-refractivity contribution in [2.24, 2.45) is 0 Å². The minimum atomic E-state index is -0.872. The maximum Gasteiger partial charge on any atom is 0.220 e. The first-order valence-electron chi connectivity index (χ1n) is 34.4. The second-order valence-electron chi connectivity index (χ2n) is 23.6. The monoisotopic (exact) mass is 1050 g/mol. The molecule has 0 bridgehead atoms. The molecule has 2 atom stereocenters. The average molecular weight is 1050 g/mol. The lowest BCUT2D eigenvalue weighted by molar-refractivity contribution is -0.123. The minimum Gasteiger partial charge on any atom is -0.394 e. The number of hydrogen-bond acceptors (Lipinski definition) is 3. The van der Waals surface area contributed by atoms with E-state index in [2.05, 4.69) is 55.6 Å². The molecule has 2 unspecified atom stereocenters. The highest BCUT2D eigenvalue weighted by atomic mass is 16.3. The standard InChI is InChI=1S/C71H135NO3/c1-3-5-7-9-11-13-15-17-19-21-23-25-27-29-31-33-35-37-38-40-42-44-46-48-50-52-54-56-58-60-62-64-66-70(74)69(68-73)72-71(75)67-65-63-61-59-57-55-53-51-49-47-45-43-41-39-36-34-32-30-28-26-24-22-20-18-16-14-12-10-8-6-4-2/h22,24,48,50,56,58,64,66,69-70,73-74H,3-21,23,25-47,49,51-55,57,59-63,65,67-68H2,1-2H3,(H,72,75)/b24-22-,50-48+,58-56+,66-64+. The van der Waals surface area contributed by atoms with E-state index in [1.807, 2.05) is 6.08 Å². The van der Waals surface area contributed by atoms with Gasteiger partial charge in [0.25, 0.3) is 0 Å². The number of hydrogen-bond donors (Lipinski definition) is 3. The SMILES string of the molecule is CCCCCCCCCC/C=C\CCCCCCCCCCCCCCCCCCCCCC(=O)NC(CO)C(O)/C=C/CC/C=C/CC/C=C/CCCCCCCCCCCCCCCCCCCCCCCC. The van der Waals surface area contributed by atoms with E-state index in [4.69, 9.17) is 0 Å². The van der Waals surface area contributed by atoms with Crippen LogP contribution in [-0.4, -0.2) is 34.9 Å². The predicted octanol–water partition coefficient (Wildman–Crippen LogP) is 23.3. The zero-order valence-electron chi connectivity index (χ0n) is 51.1. The van der Waals surface area contributed by atoms with Crippen molar-refractivity contribution in [3.63, 3.8) is 0 Å². The molecule has 0 aliphatic rings. The molecule has 0 aromatic rings. The number of nitrogens with one attached hydrogen (secondary N) is 1. The van der Waals surface area contributed by atoms with Crippen LogP contribution in [0.1, 0.15) is 380 Å². The summed E-state index contributed by atoms with van der Waals surface area (Å²) >= 11 is 0. The van der Waals surface area contributed by atoms with E-state index < -0.39 is 12.1 Å². The quantitative estimate of drug-likeness (QED) is 0.0420. The molecule has 4 nitrogen and oxygen atoms in total. The van der Waals surface area contributed by atoms with Crippen LogP contribution in [0.15, 0.2) is 48.6 Å². The number of carbonyl (C=O) groups excluding carboxylic acids is 1. The van der Waals surface area contributed by atoms with Crippen molar-refractivity contribution in [1.29, 1.82) is 0 Å². The number of unbranched alkanes of at least 4 members (excludes halogenated alkanes) is 51. The van der Waals surface area contributed by atoms with Crippen molar-refractivity contribution >= 4 is 5.91 Å². The molecule has 0 aromatic carbocycles. The third-order valence-electron chi connectivity index (χ3n) is 16.0. The Morgan fingerprint density at radius 1 is 0.307 bits per heavy atom. The molecule has 0 aliphatic heterocycles. The third-order valence-corrected chi connectivity index (χ3v) is 16.0. The highest BCUT2D eigenvalue weighted by Crippen LogP contribution is 2.18. The van der Waals surface area contributed by atoms with E-state index in [0.717, 1.165) is 38.5 Å². The van der Waals surface area contributed by atoms with E-state index >= 15 is 0 Å². The molecule has 1 amide bonds. The maximum atomic E-state index is 12.5. The van der Waals surface area contributed by atoms with Gasteiger partial charge in [0.1, 0.15) is 0 Å². The van der Waals surface area contributed by atoms with Gasteiger partial charge in [-0.1, -0.05) is 351 Å². The number of carbonyl (C=O) groups is 1. The molecule has 0 radical (unpaired) electrons. The van der Waals surface area contributed by atoms with E-state index in [1.165, 1.54) is 321 Å². The number of amides is 1. The molecular formula is C71H135NO3. The molecule has 75 heavy (non-hydrogen) atoms. The fraction of sp³-hybridized carbons (Fsp3) is 0.873. The molecule has 0 aliphatic carbocycles. The summed E-state index contributed by atoms with van der Waals surface area (Å²) in [5.74, 6) is -0.0713. The van der Waals surface area contributed by atoms with Gasteiger partial charge >= 0.3 is 0 Å². The minimum absolute atomic E-state index is 0.0713. The number of rotatable bonds is 64. The maximum absolute atomic E-state index is 12.5. The molecule has 0 spiro atoms. The van der Waals surface area contributed by atoms with Crippen LogP contribution in [0.25, 0.3) is 0 Å². The lowest BCUT2D eigenvalue weighted by atomic mass is 10.0. The zero-order chi connectivity index (χ0) is 54.1. The molecule has 0 fully saturated rings. The summed E-state index contributed by atoms with van der Waals surface area (Å²) in [6.45, 7) is 4.34. The lowest BCUT2D eigenvalue weighted by Crippen LogP contribution is -2.45. The summed E-state index contributed by atoms with van der Waals surface area (Å²) < 4.78 is 0. The van der Waals surface area contributed by atoms with Gasteiger partial charge < -0.3 is 15.5 Å². The van der Waals surface area contributed by atoms with Crippen molar-refractivity contribution in [3.05, 3.63) is 48.6 Å². The van der Waals surface area contributed by atoms with E-state index in [0.29, 0.717) is 6.42 Å². The summed E-state index contributed by atoms with van der Waals surface area (Å²) in [5.41, 5.74) is 0. The van der Waals surface area contributed by atoms with Gasteiger partial charge in [0.05, 0.1) is 18.8 Å². The van der Waals surface area contributed by atoms with Gasteiger partial charge in [0, 0.05) is 6.42 Å². The van der Waals surface area contributed by atoms with Crippen molar-refractivity contribution < 1.29 is 15.0 Å². The molecule has 3 N–H and O–H groups in total. The van der Waals surface area contributed by atoms with Crippen molar-refractivity contribution in [1.82, 2.24) is 5.32 Å². The highest BCUT2D eigenvalue weighted by molar-refractivity contribution is 5.76. The fourth-order valence-corrected chi connectivity index (χ4v) is 10.8. The summed E-state index contributed by atoms with van der Waals surface area (Å²) in [5, 5.41) is 23.2. The van der Waals surface area contributed by atoms with E-state index in [-0.39, 0.29) is 12.5 Å². The van der Waals surface area contributed by atoms with Gasteiger partial charge in [-0.25, -0.2) is 0 Å². The summed E-state index contributed by atoms with van der Waals surface area (Å²) in [4.78, 5) is 12.5. The van der Waals surface area contributed by atoms with Crippen molar-refractivity contribution in [3.8, 4) is 0 Å². The van der Waals surface area contributed by atoms with Crippen LogP contribution in [-0.2, 0) is 4.79 Å². The Morgan fingerprint density at radius 2 is 0.520 bits per heavy atom. The van der Waals surface area contributed by atoms with Gasteiger partial charge in [-0.15, -0.1) is 0 Å². The normalized spacial score (nSPS) is 13.0. The first kappa shape index (κ1) is 73.3. The van der Waals surface area contributed by atoms with Gasteiger partial charge in [-0.2, -0.15) is 0 Å². The third kappa shape index (κ3) is 63.1. The van der Waals surface area contributed by atoms with Gasteiger partial charge in [0.2, 0.25) is 5.91 Å². The molecule has 0 saturated heterocycles. The molecule has 0 saturated carbocycles. The topological polar surface area (TPSA) is 69.6 Å². The molecule has 0 heterocycles. The van der Waals surface area contributed by atoms with E-state index in [1.54, 1.807) is 6.08 Å². The fourth-order valence-electron chi connectivity index (χ4n) is 10.8. The Balaban J connectivity index is 3.48. The van der Waals surface area contributed by atoms with E-state index in [9.17, 15) is 15.0 Å². The Morgan fingerprint density at radius 3 is 0.773 bits per heavy atom. The number of aliphatic hydroxyl groups excluding tert-OH is 2. The summed E-state index contributed by atoms with van der Waals surface area (Å²) in [6.07, 6.45) is 93.4. The Bertz CT molecular complexity index is 1190. The molecule has 442 valence electrons.